The van der Waals surface area contributed by atoms with Gasteiger partial charge in [-0.1, -0.05) is 52.3 Å². The molecule has 1 atom stereocenters. The first-order chi connectivity index (χ1) is 24.2. The van der Waals surface area contributed by atoms with Crippen LogP contribution >= 0.6 is 0 Å². The summed E-state index contributed by atoms with van der Waals surface area (Å²) in [5, 5.41) is 3.09. The molecule has 1 aliphatic rings. The van der Waals surface area contributed by atoms with Gasteiger partial charge in [0, 0.05) is 55.1 Å². The molecule has 0 saturated heterocycles. The lowest BCUT2D eigenvalue weighted by molar-refractivity contribution is -0.112. The van der Waals surface area contributed by atoms with Crippen LogP contribution in [0.5, 0.6) is 5.75 Å². The van der Waals surface area contributed by atoms with E-state index in [1.165, 1.54) is 0 Å². The average Bonchev–Trinajstić information content (AvgIpc) is 3.34. The highest BCUT2D eigenvalue weighted by molar-refractivity contribution is 7.90. The molecule has 5 rings (SSSR count). The Morgan fingerprint density at radius 2 is 1.74 bits per heavy atom. The Labute approximate surface area is 301 Å². The number of nitrogens with zero attached hydrogens (tertiary/aromatic N) is 3. The fourth-order valence-electron chi connectivity index (χ4n) is 6.15. The van der Waals surface area contributed by atoms with Gasteiger partial charge in [0.15, 0.2) is 16.5 Å². The number of nitrogens with one attached hydrogen (secondary N) is 1. The number of ether oxygens (including phenoxy) is 2. The minimum absolute atomic E-state index is 0.126. The van der Waals surface area contributed by atoms with Crippen molar-refractivity contribution in [3.8, 4) is 16.9 Å². The second kappa shape index (κ2) is 18.3. The number of carbonyl (C=O) groups is 1. The van der Waals surface area contributed by atoms with E-state index in [0.717, 1.165) is 90.7 Å². The minimum atomic E-state index is -1.24. The summed E-state index contributed by atoms with van der Waals surface area (Å²) in [5.74, 6) is 2.35. The third-order valence-electron chi connectivity index (χ3n) is 8.77. The highest BCUT2D eigenvalue weighted by Gasteiger charge is 2.22. The van der Waals surface area contributed by atoms with E-state index in [9.17, 15) is 9.35 Å². The summed E-state index contributed by atoms with van der Waals surface area (Å²) in [6.07, 6.45) is 7.68. The lowest BCUT2D eigenvalue weighted by Crippen LogP contribution is -2.29. The van der Waals surface area contributed by atoms with Crippen LogP contribution in [0.25, 0.3) is 17.2 Å². The van der Waals surface area contributed by atoms with Crippen molar-refractivity contribution >= 4 is 34.5 Å². The predicted octanol–water partition coefficient (Wildman–Crippen LogP) is 8.66. The number of imidazole rings is 1. The molecule has 8 nitrogen and oxygen atoms in total. The van der Waals surface area contributed by atoms with Gasteiger partial charge < -0.3 is 28.8 Å². The van der Waals surface area contributed by atoms with Gasteiger partial charge in [-0.2, -0.15) is 0 Å². The largest absolute Gasteiger partial charge is 0.611 e. The Balaban J connectivity index is 1.28. The van der Waals surface area contributed by atoms with Gasteiger partial charge in [-0.15, -0.1) is 0 Å². The van der Waals surface area contributed by atoms with Gasteiger partial charge in [0.05, 0.1) is 6.61 Å². The fraction of sp³-hybridized carbons (Fsp3) is 0.415. The first-order valence-electron chi connectivity index (χ1n) is 18.0. The number of hydrogen-bond acceptors (Lipinski definition) is 6. The molecule has 1 N–H and O–H groups in total. The summed E-state index contributed by atoms with van der Waals surface area (Å²) < 4.78 is 26.8. The molecule has 2 heterocycles. The number of amides is 1. The van der Waals surface area contributed by atoms with Crippen LogP contribution in [0.2, 0.25) is 0 Å². The van der Waals surface area contributed by atoms with E-state index in [4.69, 9.17) is 9.47 Å². The maximum Gasteiger partial charge on any atom is 0.251 e. The lowest BCUT2D eigenvalue weighted by atomic mass is 10.00. The monoisotopic (exact) mass is 696 g/mol. The zero-order valence-corrected chi connectivity index (χ0v) is 31.1. The van der Waals surface area contributed by atoms with Crippen LogP contribution in [0.3, 0.4) is 0 Å². The van der Waals surface area contributed by atoms with E-state index in [-0.39, 0.29) is 5.91 Å². The molecule has 0 radical (unpaired) electrons. The maximum absolute atomic E-state index is 13.7. The molecule has 0 fully saturated rings. The molecule has 0 aliphatic carbocycles. The number of benzene rings is 3. The van der Waals surface area contributed by atoms with E-state index >= 15 is 0 Å². The molecule has 9 heteroatoms. The highest BCUT2D eigenvalue weighted by Crippen LogP contribution is 2.34. The Kier molecular flexibility index (Phi) is 13.6. The molecule has 1 amide bonds. The lowest BCUT2D eigenvalue weighted by Gasteiger charge is -2.27. The van der Waals surface area contributed by atoms with Gasteiger partial charge in [0.2, 0.25) is 0 Å². The number of rotatable bonds is 17. The summed E-state index contributed by atoms with van der Waals surface area (Å²) in [5.41, 5.74) is 6.80. The van der Waals surface area contributed by atoms with E-state index in [2.05, 4.69) is 77.8 Å². The third-order valence-corrected chi connectivity index (χ3v) is 10.1. The topological polar surface area (TPSA) is 91.7 Å². The maximum atomic E-state index is 13.7. The third kappa shape index (κ3) is 10.0. The molecule has 0 spiro atoms. The molecular formula is C41H52N4O4S. The van der Waals surface area contributed by atoms with Crippen LogP contribution in [0.4, 0.5) is 11.4 Å². The average molecular weight is 697 g/mol. The van der Waals surface area contributed by atoms with Crippen molar-refractivity contribution in [3.05, 3.63) is 95.6 Å². The van der Waals surface area contributed by atoms with Crippen LogP contribution in [0.15, 0.2) is 83.4 Å². The zero-order chi connectivity index (χ0) is 35.5. The van der Waals surface area contributed by atoms with Crippen molar-refractivity contribution in [3.63, 3.8) is 0 Å². The molecule has 4 aromatic rings. The van der Waals surface area contributed by atoms with Gasteiger partial charge in [-0.05, 0) is 115 Å². The van der Waals surface area contributed by atoms with Crippen LogP contribution < -0.4 is 15.0 Å². The zero-order valence-electron chi connectivity index (χ0n) is 30.2. The van der Waals surface area contributed by atoms with Gasteiger partial charge in [-0.25, -0.2) is 4.98 Å². The van der Waals surface area contributed by atoms with Gasteiger partial charge in [0.25, 0.3) is 5.91 Å². The van der Waals surface area contributed by atoms with Crippen molar-refractivity contribution in [2.75, 3.05) is 43.1 Å². The Morgan fingerprint density at radius 1 is 0.980 bits per heavy atom. The van der Waals surface area contributed by atoms with Crippen molar-refractivity contribution in [1.82, 2.24) is 9.55 Å². The molecule has 50 heavy (non-hydrogen) atoms. The standard InChI is InChI=1S/C41H52N4O4S/c1-6-8-22-48-23-24-49-37-14-9-32(10-15-37)33-11-18-39-35(25-33)26-34(19-21-44(39)28-30(3)4)41(46)43-36-12-16-38(17-13-36)50(47)29-40-42-27-31(5)45(40)20-7-2/h9-18,25-27,30H,6-8,19-24,28-29H2,1-5H3,(H,43,46). The number of aromatic nitrogens is 2. The molecule has 266 valence electrons. The van der Waals surface area contributed by atoms with Crippen molar-refractivity contribution in [1.29, 1.82) is 0 Å². The van der Waals surface area contributed by atoms with Gasteiger partial charge in [-0.3, -0.25) is 4.79 Å². The highest BCUT2D eigenvalue weighted by atomic mass is 32.2. The number of carbonyl (C=O) groups excluding carboxylic acids is 1. The normalized spacial score (nSPS) is 13.5. The molecular weight excluding hydrogens is 645 g/mol. The second-order valence-corrected chi connectivity index (χ2v) is 14.8. The van der Waals surface area contributed by atoms with Gasteiger partial charge in [0.1, 0.15) is 12.4 Å². The van der Waals surface area contributed by atoms with Crippen molar-refractivity contribution < 1.29 is 18.8 Å². The van der Waals surface area contributed by atoms with Gasteiger partial charge >= 0.3 is 0 Å². The first kappa shape index (κ1) is 37.2. The van der Waals surface area contributed by atoms with Crippen LogP contribution in [-0.4, -0.2) is 52.9 Å². The summed E-state index contributed by atoms with van der Waals surface area (Å²) in [6, 6.07) is 22.0. The number of unbranched alkanes of at least 4 members (excludes halogenated alkanes) is 1. The Hall–Kier alpha value is -4.05. The van der Waals surface area contributed by atoms with E-state index in [1.54, 1.807) is 0 Å². The summed E-state index contributed by atoms with van der Waals surface area (Å²) in [6.45, 7) is 15.1. The van der Waals surface area contributed by atoms with E-state index < -0.39 is 11.2 Å². The van der Waals surface area contributed by atoms with E-state index in [0.29, 0.717) is 41.9 Å². The van der Waals surface area contributed by atoms with Crippen LogP contribution in [0, 0.1) is 12.8 Å². The molecule has 3 aromatic carbocycles. The predicted molar refractivity (Wildman–Crippen MR) is 205 cm³/mol. The number of aryl methyl sites for hydroxylation is 1. The van der Waals surface area contributed by atoms with Crippen molar-refractivity contribution in [2.24, 2.45) is 5.92 Å². The molecule has 1 aliphatic heterocycles. The minimum Gasteiger partial charge on any atom is -0.611 e. The quantitative estimate of drug-likeness (QED) is 0.0878. The molecule has 1 aromatic heterocycles. The van der Waals surface area contributed by atoms with Crippen LogP contribution in [0.1, 0.15) is 70.5 Å². The van der Waals surface area contributed by atoms with E-state index in [1.807, 2.05) is 55.6 Å². The summed E-state index contributed by atoms with van der Waals surface area (Å²) >= 11 is -1.24. The van der Waals surface area contributed by atoms with Crippen molar-refractivity contribution in [2.45, 2.75) is 77.5 Å². The SMILES string of the molecule is CCCCOCCOc1ccc(-c2ccc3c(c2)C=C(C(=O)Nc2ccc([S+]([O-])Cc4ncc(C)n4CCC)cc2)CCN3CC(C)C)cc1. The number of hydrogen-bond donors (Lipinski definition) is 1. The Bertz CT molecular complexity index is 1720. The fourth-order valence-corrected chi connectivity index (χ4v) is 7.22. The summed E-state index contributed by atoms with van der Waals surface area (Å²) in [4.78, 5) is 21.3. The molecule has 0 saturated carbocycles. The van der Waals surface area contributed by atoms with Crippen LogP contribution in [-0.2, 0) is 33.0 Å². The second-order valence-electron chi connectivity index (χ2n) is 13.3. The number of anilines is 2. The smallest absolute Gasteiger partial charge is 0.251 e. The summed E-state index contributed by atoms with van der Waals surface area (Å²) in [7, 11) is 0. The first-order valence-corrected chi connectivity index (χ1v) is 19.3. The molecule has 1 unspecified atom stereocenters. The molecule has 0 bridgehead atoms. The number of fused-ring (bicyclic) bond motifs is 1. The Morgan fingerprint density at radius 3 is 2.46 bits per heavy atom.